The third-order valence-corrected chi connectivity index (χ3v) is 5.64. The molecule has 0 bridgehead atoms. The van der Waals surface area contributed by atoms with Crippen LogP contribution in [0, 0.1) is 0 Å². The van der Waals surface area contributed by atoms with Gasteiger partial charge in [-0.1, -0.05) is 23.7 Å². The van der Waals surface area contributed by atoms with Crippen molar-refractivity contribution < 1.29 is 24.2 Å². The molecular weight excluding hydrogens is 444 g/mol. The first-order valence-electron chi connectivity index (χ1n) is 10.9. The summed E-state index contributed by atoms with van der Waals surface area (Å²) in [6, 6.07) is 11.3. The molecule has 1 aliphatic rings. The highest BCUT2D eigenvalue weighted by Crippen LogP contribution is 2.40. The van der Waals surface area contributed by atoms with E-state index in [1.807, 2.05) is 45.0 Å². The van der Waals surface area contributed by atoms with Gasteiger partial charge in [-0.2, -0.15) is 0 Å². The number of likely N-dealkylation sites (N-methyl/N-ethyl adjacent to an activating group) is 1. The summed E-state index contributed by atoms with van der Waals surface area (Å²) in [5.41, 5.74) is 1.07. The fourth-order valence-electron chi connectivity index (χ4n) is 3.75. The minimum Gasteiger partial charge on any atom is -0.507 e. The number of hydrogen-bond acceptors (Lipinski definition) is 6. The molecule has 7 nitrogen and oxygen atoms in total. The number of carbonyl (C=O) groups excluding carboxylic acids is 2. The summed E-state index contributed by atoms with van der Waals surface area (Å²) in [5, 5.41) is 11.5. The Kier molecular flexibility index (Phi) is 8.00. The van der Waals surface area contributed by atoms with Gasteiger partial charge in [0.25, 0.3) is 11.7 Å². The SMILES string of the molecule is CCOc1ccc([C@@H]2C(=C(O)c3ccc(OCC)c(Cl)c3)C(=O)C(=O)N2CCN(C)C)cc1. The minimum atomic E-state index is -0.731. The Morgan fingerprint density at radius 1 is 1.06 bits per heavy atom. The number of hydrogen-bond donors (Lipinski definition) is 1. The third-order valence-electron chi connectivity index (χ3n) is 5.34. The smallest absolute Gasteiger partial charge is 0.295 e. The van der Waals surface area contributed by atoms with Crippen molar-refractivity contribution in [2.45, 2.75) is 19.9 Å². The quantitative estimate of drug-likeness (QED) is 0.336. The van der Waals surface area contributed by atoms with E-state index in [0.29, 0.717) is 54.0 Å². The highest BCUT2D eigenvalue weighted by molar-refractivity contribution is 6.46. The molecule has 3 rings (SSSR count). The van der Waals surface area contributed by atoms with Gasteiger partial charge in [0.1, 0.15) is 17.3 Å². The van der Waals surface area contributed by atoms with Gasteiger partial charge in [-0.15, -0.1) is 0 Å². The molecule has 0 unspecified atom stereocenters. The van der Waals surface area contributed by atoms with Gasteiger partial charge in [0, 0.05) is 18.7 Å². The van der Waals surface area contributed by atoms with Crippen LogP contribution in [-0.4, -0.2) is 67.0 Å². The summed E-state index contributed by atoms with van der Waals surface area (Å²) in [4.78, 5) is 29.5. The van der Waals surface area contributed by atoms with Crippen molar-refractivity contribution >= 4 is 29.1 Å². The second kappa shape index (κ2) is 10.7. The number of amides is 1. The highest BCUT2D eigenvalue weighted by atomic mass is 35.5. The Bertz CT molecular complexity index is 1050. The van der Waals surface area contributed by atoms with Crippen LogP contribution in [0.1, 0.15) is 31.0 Å². The molecule has 0 saturated carbocycles. The van der Waals surface area contributed by atoms with Crippen LogP contribution >= 0.6 is 11.6 Å². The first-order chi connectivity index (χ1) is 15.8. The van der Waals surface area contributed by atoms with Crippen LogP contribution in [-0.2, 0) is 9.59 Å². The fraction of sp³-hybridized carbons (Fsp3) is 0.360. The van der Waals surface area contributed by atoms with Gasteiger partial charge in [0.05, 0.1) is 29.9 Å². The van der Waals surface area contributed by atoms with E-state index in [-0.39, 0.29) is 11.3 Å². The Hall–Kier alpha value is -3.03. The predicted molar refractivity (Wildman–Crippen MR) is 128 cm³/mol. The van der Waals surface area contributed by atoms with Gasteiger partial charge in [-0.05, 0) is 63.8 Å². The molecule has 1 fully saturated rings. The topological polar surface area (TPSA) is 79.3 Å². The molecular formula is C25H29ClN2O5. The highest BCUT2D eigenvalue weighted by Gasteiger charge is 2.45. The van der Waals surface area contributed by atoms with Crippen molar-refractivity contribution in [2.24, 2.45) is 0 Å². The van der Waals surface area contributed by atoms with E-state index in [9.17, 15) is 14.7 Å². The van der Waals surface area contributed by atoms with Gasteiger partial charge in [0.2, 0.25) is 0 Å². The molecule has 1 aliphatic heterocycles. The van der Waals surface area contributed by atoms with E-state index < -0.39 is 17.7 Å². The van der Waals surface area contributed by atoms with Gasteiger partial charge in [0.15, 0.2) is 0 Å². The van der Waals surface area contributed by atoms with Crippen LogP contribution in [0.5, 0.6) is 11.5 Å². The summed E-state index contributed by atoms with van der Waals surface area (Å²) in [6.07, 6.45) is 0. The number of aliphatic hydroxyl groups excluding tert-OH is 1. The van der Waals surface area contributed by atoms with Crippen molar-refractivity contribution in [2.75, 3.05) is 40.4 Å². The van der Waals surface area contributed by atoms with E-state index in [2.05, 4.69) is 0 Å². The minimum absolute atomic E-state index is 0.0307. The number of halogens is 1. The van der Waals surface area contributed by atoms with Crippen LogP contribution in [0.15, 0.2) is 48.0 Å². The molecule has 2 aromatic carbocycles. The number of ketones is 1. The Morgan fingerprint density at radius 3 is 2.30 bits per heavy atom. The first-order valence-corrected chi connectivity index (χ1v) is 11.2. The van der Waals surface area contributed by atoms with Gasteiger partial charge >= 0.3 is 0 Å². The fourth-order valence-corrected chi connectivity index (χ4v) is 3.99. The largest absolute Gasteiger partial charge is 0.507 e. The second-order valence-electron chi connectivity index (χ2n) is 7.88. The summed E-state index contributed by atoms with van der Waals surface area (Å²) in [5.74, 6) is -0.482. The van der Waals surface area contributed by atoms with Crippen LogP contribution in [0.4, 0.5) is 0 Å². The lowest BCUT2D eigenvalue weighted by Gasteiger charge is -2.26. The third kappa shape index (κ3) is 5.31. The molecule has 1 amide bonds. The molecule has 176 valence electrons. The van der Waals surface area contributed by atoms with Crippen molar-refractivity contribution in [3.63, 3.8) is 0 Å². The normalized spacial score (nSPS) is 17.6. The maximum Gasteiger partial charge on any atom is 0.295 e. The monoisotopic (exact) mass is 472 g/mol. The Morgan fingerprint density at radius 2 is 1.73 bits per heavy atom. The van der Waals surface area contributed by atoms with Crippen molar-refractivity contribution in [1.29, 1.82) is 0 Å². The van der Waals surface area contributed by atoms with Gasteiger partial charge < -0.3 is 24.4 Å². The molecule has 1 atom stereocenters. The van der Waals surface area contributed by atoms with Crippen LogP contribution in [0.2, 0.25) is 5.02 Å². The molecule has 1 N–H and O–H groups in total. The average Bonchev–Trinajstić information content (AvgIpc) is 3.04. The second-order valence-corrected chi connectivity index (χ2v) is 8.28. The maximum absolute atomic E-state index is 13.1. The summed E-state index contributed by atoms with van der Waals surface area (Å²) in [6.45, 7) is 5.60. The number of rotatable bonds is 9. The zero-order valence-electron chi connectivity index (χ0n) is 19.3. The molecule has 2 aromatic rings. The molecule has 8 heteroatoms. The molecule has 0 aliphatic carbocycles. The first kappa shape index (κ1) is 24.6. The van der Waals surface area contributed by atoms with Crippen molar-refractivity contribution in [1.82, 2.24) is 9.80 Å². The lowest BCUT2D eigenvalue weighted by molar-refractivity contribution is -0.140. The summed E-state index contributed by atoms with van der Waals surface area (Å²) < 4.78 is 11.0. The molecule has 0 aromatic heterocycles. The number of ether oxygens (including phenoxy) is 2. The van der Waals surface area contributed by atoms with Gasteiger partial charge in [-0.25, -0.2) is 0 Å². The zero-order valence-corrected chi connectivity index (χ0v) is 20.1. The standard InChI is InChI=1S/C25H29ClN2O5/c1-5-32-18-10-7-16(8-11-18)22-21(24(30)25(31)28(22)14-13-27(3)4)23(29)17-9-12-20(33-6-2)19(26)15-17/h7-12,15,22,29H,5-6,13-14H2,1-4H3/t22-/m1/s1. The number of carbonyl (C=O) groups is 2. The number of likely N-dealkylation sites (tertiary alicyclic amines) is 1. The van der Waals surface area contributed by atoms with Gasteiger partial charge in [-0.3, -0.25) is 9.59 Å². The van der Waals surface area contributed by atoms with E-state index in [1.54, 1.807) is 24.3 Å². The number of Topliss-reactive ketones (excluding diaryl/α,β-unsaturated/α-hetero) is 1. The molecule has 1 saturated heterocycles. The van der Waals surface area contributed by atoms with Crippen molar-refractivity contribution in [3.05, 3.63) is 64.2 Å². The molecule has 0 radical (unpaired) electrons. The van der Waals surface area contributed by atoms with E-state index in [4.69, 9.17) is 21.1 Å². The predicted octanol–water partition coefficient (Wildman–Crippen LogP) is 4.12. The van der Waals surface area contributed by atoms with E-state index in [0.717, 1.165) is 0 Å². The number of nitrogens with zero attached hydrogens (tertiary/aromatic N) is 2. The van der Waals surface area contributed by atoms with Crippen molar-refractivity contribution in [3.8, 4) is 11.5 Å². The molecule has 0 spiro atoms. The Balaban J connectivity index is 2.10. The lowest BCUT2D eigenvalue weighted by atomic mass is 9.95. The molecule has 1 heterocycles. The summed E-state index contributed by atoms with van der Waals surface area (Å²) >= 11 is 6.30. The van der Waals surface area contributed by atoms with E-state index >= 15 is 0 Å². The van der Waals surface area contributed by atoms with E-state index in [1.165, 1.54) is 11.0 Å². The Labute approximate surface area is 199 Å². The van der Waals surface area contributed by atoms with Crippen LogP contribution in [0.3, 0.4) is 0 Å². The molecule has 33 heavy (non-hydrogen) atoms. The van der Waals surface area contributed by atoms with Crippen LogP contribution < -0.4 is 9.47 Å². The number of benzene rings is 2. The average molecular weight is 473 g/mol. The zero-order chi connectivity index (χ0) is 24.1. The van der Waals surface area contributed by atoms with Crippen LogP contribution in [0.25, 0.3) is 5.76 Å². The summed E-state index contributed by atoms with van der Waals surface area (Å²) in [7, 11) is 3.79. The number of aliphatic hydroxyl groups is 1. The maximum atomic E-state index is 13.1. The lowest BCUT2D eigenvalue weighted by Crippen LogP contribution is -2.35.